The van der Waals surface area contributed by atoms with Crippen LogP contribution in [-0.4, -0.2) is 10.9 Å². The maximum absolute atomic E-state index is 12.4. The maximum atomic E-state index is 12.4. The minimum absolute atomic E-state index is 0.209. The lowest BCUT2D eigenvalue weighted by atomic mass is 10.1. The molecule has 0 atom stereocenters. The average Bonchev–Trinajstić information content (AvgIpc) is 2.46. The van der Waals surface area contributed by atoms with E-state index < -0.39 is 0 Å². The highest BCUT2D eigenvalue weighted by atomic mass is 79.9. The summed E-state index contributed by atoms with van der Waals surface area (Å²) in [5.41, 5.74) is 7.53. The predicted molar refractivity (Wildman–Crippen MR) is 88.3 cm³/mol. The van der Waals surface area contributed by atoms with Crippen LogP contribution in [0.25, 0.3) is 10.8 Å². The number of carbonyl (C=O) groups excluding carboxylic acids is 1. The van der Waals surface area contributed by atoms with E-state index in [9.17, 15) is 4.79 Å². The van der Waals surface area contributed by atoms with Crippen LogP contribution in [0.4, 0.5) is 11.4 Å². The molecule has 0 unspecified atom stereocenters. The normalized spacial score (nSPS) is 10.5. The van der Waals surface area contributed by atoms with Crippen molar-refractivity contribution in [2.75, 3.05) is 11.1 Å². The molecule has 1 amide bonds. The van der Waals surface area contributed by atoms with E-state index in [1.54, 1.807) is 30.6 Å². The number of carbonyl (C=O) groups is 1. The van der Waals surface area contributed by atoms with Crippen LogP contribution in [-0.2, 0) is 0 Å². The zero-order chi connectivity index (χ0) is 14.8. The lowest BCUT2D eigenvalue weighted by molar-refractivity contribution is 0.102. The number of nitrogen functional groups attached to an aromatic ring is 1. The van der Waals surface area contributed by atoms with Crippen molar-refractivity contribution in [3.8, 4) is 0 Å². The second-order valence-corrected chi connectivity index (χ2v) is 5.55. The molecule has 5 heteroatoms. The first kappa shape index (κ1) is 13.6. The number of amides is 1. The van der Waals surface area contributed by atoms with Gasteiger partial charge < -0.3 is 11.1 Å². The van der Waals surface area contributed by atoms with Crippen molar-refractivity contribution in [2.24, 2.45) is 0 Å². The van der Waals surface area contributed by atoms with E-state index in [1.807, 2.05) is 24.3 Å². The van der Waals surface area contributed by atoms with Crippen LogP contribution >= 0.6 is 15.9 Å². The smallest absolute Gasteiger partial charge is 0.255 e. The van der Waals surface area contributed by atoms with Crippen LogP contribution in [0.2, 0.25) is 0 Å². The van der Waals surface area contributed by atoms with E-state index in [1.165, 1.54) is 0 Å². The second kappa shape index (κ2) is 5.54. The Balaban J connectivity index is 1.96. The molecule has 0 aliphatic carbocycles. The number of benzene rings is 2. The summed E-state index contributed by atoms with van der Waals surface area (Å²) in [6, 6.07) is 12.7. The molecule has 0 saturated heterocycles. The molecule has 1 aromatic heterocycles. The molecule has 3 rings (SSSR count). The quantitative estimate of drug-likeness (QED) is 0.696. The van der Waals surface area contributed by atoms with Gasteiger partial charge in [-0.25, -0.2) is 0 Å². The summed E-state index contributed by atoms with van der Waals surface area (Å²) >= 11 is 3.34. The van der Waals surface area contributed by atoms with Gasteiger partial charge in [0.1, 0.15) is 0 Å². The van der Waals surface area contributed by atoms with E-state index >= 15 is 0 Å². The second-order valence-electron chi connectivity index (χ2n) is 4.63. The monoisotopic (exact) mass is 341 g/mol. The molecular weight excluding hydrogens is 330 g/mol. The third-order valence-electron chi connectivity index (χ3n) is 3.11. The van der Waals surface area contributed by atoms with Gasteiger partial charge in [0.25, 0.3) is 5.91 Å². The Labute approximate surface area is 130 Å². The molecule has 4 nitrogen and oxygen atoms in total. The SMILES string of the molecule is Nc1cc(Br)cc(C(=O)Nc2cccc3ccncc23)c1. The molecule has 0 aliphatic heterocycles. The number of halogens is 1. The molecule has 0 radical (unpaired) electrons. The van der Waals surface area contributed by atoms with Crippen LogP contribution in [0.5, 0.6) is 0 Å². The number of anilines is 2. The Bertz CT molecular complexity index is 807. The summed E-state index contributed by atoms with van der Waals surface area (Å²) in [6.07, 6.45) is 3.46. The molecule has 104 valence electrons. The molecule has 0 fully saturated rings. The summed E-state index contributed by atoms with van der Waals surface area (Å²) < 4.78 is 0.771. The Hall–Kier alpha value is -2.40. The number of fused-ring (bicyclic) bond motifs is 1. The van der Waals surface area contributed by atoms with Gasteiger partial charge >= 0.3 is 0 Å². The first-order valence-corrected chi connectivity index (χ1v) is 7.13. The summed E-state index contributed by atoms with van der Waals surface area (Å²) in [5, 5.41) is 4.82. The first-order chi connectivity index (χ1) is 10.1. The van der Waals surface area contributed by atoms with Gasteiger partial charge in [0.05, 0.1) is 5.69 Å². The summed E-state index contributed by atoms with van der Waals surface area (Å²) in [4.78, 5) is 16.5. The Kier molecular flexibility index (Phi) is 3.58. The number of rotatable bonds is 2. The van der Waals surface area contributed by atoms with E-state index in [0.717, 1.165) is 20.9 Å². The topological polar surface area (TPSA) is 68.0 Å². The molecule has 0 aliphatic rings. The third-order valence-corrected chi connectivity index (χ3v) is 3.57. The lowest BCUT2D eigenvalue weighted by Crippen LogP contribution is -2.12. The molecule has 1 heterocycles. The molecule has 0 bridgehead atoms. The summed E-state index contributed by atoms with van der Waals surface area (Å²) in [7, 11) is 0. The average molecular weight is 342 g/mol. The van der Waals surface area contributed by atoms with Crippen molar-refractivity contribution >= 4 is 44.0 Å². The largest absolute Gasteiger partial charge is 0.399 e. The molecule has 3 aromatic rings. The van der Waals surface area contributed by atoms with Crippen molar-refractivity contribution in [1.29, 1.82) is 0 Å². The predicted octanol–water partition coefficient (Wildman–Crippen LogP) is 3.83. The van der Waals surface area contributed by atoms with Crippen molar-refractivity contribution in [2.45, 2.75) is 0 Å². The van der Waals surface area contributed by atoms with Gasteiger partial charge in [0, 0.05) is 33.5 Å². The van der Waals surface area contributed by atoms with Gasteiger partial charge in [-0.05, 0) is 35.7 Å². The zero-order valence-electron chi connectivity index (χ0n) is 11.0. The van der Waals surface area contributed by atoms with Crippen molar-refractivity contribution in [1.82, 2.24) is 4.98 Å². The highest BCUT2D eigenvalue weighted by molar-refractivity contribution is 9.10. The highest BCUT2D eigenvalue weighted by Gasteiger charge is 2.09. The first-order valence-electron chi connectivity index (χ1n) is 6.33. The Morgan fingerprint density at radius 3 is 2.86 bits per heavy atom. The van der Waals surface area contributed by atoms with Crippen molar-refractivity contribution < 1.29 is 4.79 Å². The maximum Gasteiger partial charge on any atom is 0.255 e. The van der Waals surface area contributed by atoms with Gasteiger partial charge in [0.2, 0.25) is 0 Å². The van der Waals surface area contributed by atoms with Crippen LogP contribution in [0.3, 0.4) is 0 Å². The number of nitrogens with zero attached hydrogens (tertiary/aromatic N) is 1. The van der Waals surface area contributed by atoms with Crippen LogP contribution in [0.1, 0.15) is 10.4 Å². The fourth-order valence-electron chi connectivity index (χ4n) is 2.16. The Morgan fingerprint density at radius 1 is 1.19 bits per heavy atom. The molecular formula is C16H12BrN3O. The molecule has 21 heavy (non-hydrogen) atoms. The molecule has 0 saturated carbocycles. The van der Waals surface area contributed by atoms with Crippen molar-refractivity contribution in [3.63, 3.8) is 0 Å². The minimum atomic E-state index is -0.209. The Morgan fingerprint density at radius 2 is 2.05 bits per heavy atom. The van der Waals surface area contributed by atoms with Gasteiger partial charge in [-0.2, -0.15) is 0 Å². The fraction of sp³-hybridized carbons (Fsp3) is 0. The number of hydrogen-bond acceptors (Lipinski definition) is 3. The van der Waals surface area contributed by atoms with E-state index in [4.69, 9.17) is 5.73 Å². The summed E-state index contributed by atoms with van der Waals surface area (Å²) in [6.45, 7) is 0. The van der Waals surface area contributed by atoms with Crippen LogP contribution < -0.4 is 11.1 Å². The van der Waals surface area contributed by atoms with Gasteiger partial charge in [-0.1, -0.05) is 28.1 Å². The highest BCUT2D eigenvalue weighted by Crippen LogP contribution is 2.23. The van der Waals surface area contributed by atoms with Gasteiger partial charge in [-0.3, -0.25) is 9.78 Å². The van der Waals surface area contributed by atoms with E-state index in [0.29, 0.717) is 11.3 Å². The summed E-state index contributed by atoms with van der Waals surface area (Å²) in [5.74, 6) is -0.209. The van der Waals surface area contributed by atoms with Crippen molar-refractivity contribution in [3.05, 3.63) is 64.9 Å². The fourth-order valence-corrected chi connectivity index (χ4v) is 2.67. The minimum Gasteiger partial charge on any atom is -0.399 e. The lowest BCUT2D eigenvalue weighted by Gasteiger charge is -2.09. The van der Waals surface area contributed by atoms with Crippen LogP contribution in [0, 0.1) is 0 Å². The number of nitrogens with one attached hydrogen (secondary N) is 1. The van der Waals surface area contributed by atoms with Crippen LogP contribution in [0.15, 0.2) is 59.3 Å². The van der Waals surface area contributed by atoms with Gasteiger partial charge in [-0.15, -0.1) is 0 Å². The molecule has 3 N–H and O–H groups in total. The molecule has 2 aromatic carbocycles. The van der Waals surface area contributed by atoms with E-state index in [2.05, 4.69) is 26.2 Å². The standard InChI is InChI=1S/C16H12BrN3O/c17-12-6-11(7-13(18)8-12)16(21)20-15-3-1-2-10-4-5-19-9-14(10)15/h1-9H,18H2,(H,20,21). The number of pyridine rings is 1. The number of nitrogens with two attached hydrogens (primary N) is 1. The molecule has 0 spiro atoms. The number of hydrogen-bond donors (Lipinski definition) is 2. The number of aromatic nitrogens is 1. The zero-order valence-corrected chi connectivity index (χ0v) is 12.6. The van der Waals surface area contributed by atoms with E-state index in [-0.39, 0.29) is 5.91 Å². The third kappa shape index (κ3) is 2.87. The van der Waals surface area contributed by atoms with Gasteiger partial charge in [0.15, 0.2) is 0 Å².